The van der Waals surface area contributed by atoms with E-state index in [-0.39, 0.29) is 0 Å². The minimum atomic E-state index is -4.14. The van der Waals surface area contributed by atoms with Crippen LogP contribution in [0.4, 0.5) is 4.39 Å². The largest absolute Gasteiger partial charge is 0.491 e. The Morgan fingerprint density at radius 2 is 2.08 bits per heavy atom. The topological polar surface area (TPSA) is 73.2 Å². The number of fused-ring (bicyclic) bond motifs is 1. The molecule has 2 aromatic carbocycles. The van der Waals surface area contributed by atoms with Crippen molar-refractivity contribution in [2.75, 3.05) is 13.2 Å². The molecule has 0 spiro atoms. The highest BCUT2D eigenvalue weighted by molar-refractivity contribution is 7.90. The summed E-state index contributed by atoms with van der Waals surface area (Å²) in [6, 6.07) is 10.7. The van der Waals surface area contributed by atoms with Crippen molar-refractivity contribution in [1.82, 2.24) is 14.5 Å². The maximum Gasteiger partial charge on any atom is 0.286 e. The van der Waals surface area contributed by atoms with Gasteiger partial charge in [-0.05, 0) is 43.7 Å². The summed E-state index contributed by atoms with van der Waals surface area (Å²) in [7, 11) is -4.14. The van der Waals surface area contributed by atoms with E-state index >= 15 is 0 Å². The minimum Gasteiger partial charge on any atom is -0.491 e. The molecule has 0 radical (unpaired) electrons. The Balaban J connectivity index is 1.71. The van der Waals surface area contributed by atoms with Gasteiger partial charge in [0.1, 0.15) is 23.1 Å². The zero-order valence-electron chi connectivity index (χ0n) is 13.9. The lowest BCUT2D eigenvalue weighted by atomic mass is 10.2. The Bertz CT molecular complexity index is 1040. The van der Waals surface area contributed by atoms with Crippen molar-refractivity contribution in [1.29, 1.82) is 0 Å². The molecule has 0 amide bonds. The normalized spacial score (nSPS) is 17.7. The number of hydrogen-bond donors (Lipinski definition) is 1. The summed E-state index contributed by atoms with van der Waals surface area (Å²) in [6.07, 6.45) is 3.61. The first-order valence-corrected chi connectivity index (χ1v) is 9.84. The summed E-state index contributed by atoms with van der Waals surface area (Å²) >= 11 is 0. The van der Waals surface area contributed by atoms with Crippen LogP contribution in [0.25, 0.3) is 10.9 Å². The lowest BCUT2D eigenvalue weighted by Gasteiger charge is -2.13. The second-order valence-corrected chi connectivity index (χ2v) is 7.95. The lowest BCUT2D eigenvalue weighted by molar-refractivity contribution is 0.280. The highest BCUT2D eigenvalue weighted by Gasteiger charge is 2.24. The first-order chi connectivity index (χ1) is 12.6. The fraction of sp³-hybridized carbons (Fsp3) is 0.278. The zero-order chi connectivity index (χ0) is 18.1. The Kier molecular flexibility index (Phi) is 4.37. The van der Waals surface area contributed by atoms with Crippen LogP contribution in [0.5, 0.6) is 5.75 Å². The molecular formula is C18H18FN3O3S. The van der Waals surface area contributed by atoms with Crippen molar-refractivity contribution < 1.29 is 17.5 Å². The number of nitrogens with one attached hydrogen (secondary N) is 1. The van der Waals surface area contributed by atoms with E-state index in [1.807, 2.05) is 0 Å². The Morgan fingerprint density at radius 1 is 1.23 bits per heavy atom. The summed E-state index contributed by atoms with van der Waals surface area (Å²) in [5, 5.41) is 7.91. The molecule has 2 heterocycles. The van der Waals surface area contributed by atoms with Gasteiger partial charge in [-0.2, -0.15) is 17.6 Å². The van der Waals surface area contributed by atoms with Gasteiger partial charge in [-0.25, -0.2) is 4.39 Å². The first-order valence-electron chi connectivity index (χ1n) is 8.40. The van der Waals surface area contributed by atoms with Crippen molar-refractivity contribution >= 4 is 20.9 Å². The molecule has 6 nitrogen and oxygen atoms in total. The van der Waals surface area contributed by atoms with Crippen LogP contribution in [-0.4, -0.2) is 36.8 Å². The van der Waals surface area contributed by atoms with Crippen molar-refractivity contribution in [3.63, 3.8) is 0 Å². The maximum absolute atomic E-state index is 14.0. The molecule has 3 aromatic rings. The van der Waals surface area contributed by atoms with Crippen LogP contribution in [0.15, 0.2) is 53.6 Å². The van der Waals surface area contributed by atoms with Gasteiger partial charge in [0.25, 0.3) is 10.0 Å². The van der Waals surface area contributed by atoms with Gasteiger partial charge in [0, 0.05) is 6.04 Å². The number of ether oxygens (including phenoxy) is 1. The average Bonchev–Trinajstić information content (AvgIpc) is 3.30. The van der Waals surface area contributed by atoms with Crippen molar-refractivity contribution in [3.05, 3.63) is 54.5 Å². The molecule has 0 saturated carbocycles. The number of benzene rings is 2. The predicted molar refractivity (Wildman–Crippen MR) is 95.2 cm³/mol. The molecule has 1 aromatic heterocycles. The van der Waals surface area contributed by atoms with Crippen LogP contribution >= 0.6 is 0 Å². The molecule has 0 unspecified atom stereocenters. The molecule has 0 aliphatic carbocycles. The molecule has 1 aliphatic rings. The lowest BCUT2D eigenvalue weighted by Crippen LogP contribution is -2.28. The van der Waals surface area contributed by atoms with Crippen molar-refractivity contribution in [2.24, 2.45) is 0 Å². The molecule has 1 fully saturated rings. The fourth-order valence-corrected chi connectivity index (χ4v) is 4.50. The third-order valence-corrected chi connectivity index (χ3v) is 6.12. The standard InChI is InChI=1S/C18H18FN3O3S/c19-15-6-1-2-9-18(15)26(23,24)22-16-7-3-8-17(14(16)11-21-22)25-12-13-5-4-10-20-13/h1-3,6-9,11,13,20H,4-5,10,12H2/t13-/m0/s1. The van der Waals surface area contributed by atoms with Gasteiger partial charge in [-0.1, -0.05) is 18.2 Å². The van der Waals surface area contributed by atoms with Crippen molar-refractivity contribution in [3.8, 4) is 5.75 Å². The van der Waals surface area contributed by atoms with E-state index in [0.29, 0.717) is 29.3 Å². The van der Waals surface area contributed by atoms with Crippen LogP contribution < -0.4 is 10.1 Å². The zero-order valence-corrected chi connectivity index (χ0v) is 14.7. The molecule has 1 aliphatic heterocycles. The van der Waals surface area contributed by atoms with Crippen molar-refractivity contribution in [2.45, 2.75) is 23.8 Å². The van der Waals surface area contributed by atoms with Gasteiger partial charge in [-0.3, -0.25) is 0 Å². The van der Waals surface area contributed by atoms with E-state index in [1.54, 1.807) is 18.2 Å². The molecule has 4 rings (SSSR count). The van der Waals surface area contributed by atoms with E-state index in [9.17, 15) is 12.8 Å². The van der Waals surface area contributed by atoms with E-state index < -0.39 is 20.7 Å². The number of halogens is 1. The monoisotopic (exact) mass is 375 g/mol. The fourth-order valence-electron chi connectivity index (χ4n) is 3.16. The Labute approximate surface area is 150 Å². The molecule has 136 valence electrons. The van der Waals surface area contributed by atoms with Crippen LogP contribution in [0, 0.1) is 5.82 Å². The second kappa shape index (κ2) is 6.69. The van der Waals surface area contributed by atoms with Crippen LogP contribution in [0.3, 0.4) is 0 Å². The molecule has 1 saturated heterocycles. The third kappa shape index (κ3) is 2.95. The second-order valence-electron chi connectivity index (χ2n) is 6.22. The quantitative estimate of drug-likeness (QED) is 0.742. The van der Waals surface area contributed by atoms with Gasteiger partial charge in [0.2, 0.25) is 0 Å². The Hall–Kier alpha value is -2.45. The predicted octanol–water partition coefficient (Wildman–Crippen LogP) is 2.54. The number of aromatic nitrogens is 2. The highest BCUT2D eigenvalue weighted by atomic mass is 32.2. The van der Waals surface area contributed by atoms with Crippen LogP contribution in [-0.2, 0) is 10.0 Å². The first kappa shape index (κ1) is 17.0. The van der Waals surface area contributed by atoms with E-state index in [1.165, 1.54) is 24.4 Å². The summed E-state index contributed by atoms with van der Waals surface area (Å²) in [5.41, 5.74) is 0.352. The summed E-state index contributed by atoms with van der Waals surface area (Å²) in [5.74, 6) is -0.248. The number of hydrogen-bond acceptors (Lipinski definition) is 5. The molecule has 1 atom stereocenters. The summed E-state index contributed by atoms with van der Waals surface area (Å²) in [6.45, 7) is 1.49. The minimum absolute atomic E-state index is 0.294. The van der Waals surface area contributed by atoms with E-state index in [0.717, 1.165) is 29.5 Å². The molecule has 1 N–H and O–H groups in total. The number of nitrogens with zero attached hydrogens (tertiary/aromatic N) is 2. The van der Waals surface area contributed by atoms with Crippen LogP contribution in [0.2, 0.25) is 0 Å². The van der Waals surface area contributed by atoms with Gasteiger partial charge < -0.3 is 10.1 Å². The molecule has 26 heavy (non-hydrogen) atoms. The van der Waals surface area contributed by atoms with Gasteiger partial charge >= 0.3 is 0 Å². The van der Waals surface area contributed by atoms with Gasteiger partial charge in [0.15, 0.2) is 0 Å². The number of rotatable bonds is 5. The molecule has 8 heteroatoms. The van der Waals surface area contributed by atoms with E-state index in [2.05, 4.69) is 10.4 Å². The third-order valence-electron chi connectivity index (χ3n) is 4.49. The van der Waals surface area contributed by atoms with Gasteiger partial charge in [0.05, 0.1) is 17.1 Å². The SMILES string of the molecule is O=S(=O)(c1ccccc1F)n1ncc2c(OC[C@@H]3CCCN3)cccc21. The van der Waals surface area contributed by atoms with Gasteiger partial charge in [-0.15, -0.1) is 0 Å². The summed E-state index contributed by atoms with van der Waals surface area (Å²) in [4.78, 5) is -0.411. The smallest absolute Gasteiger partial charge is 0.286 e. The average molecular weight is 375 g/mol. The maximum atomic E-state index is 14.0. The Morgan fingerprint density at radius 3 is 2.85 bits per heavy atom. The van der Waals surface area contributed by atoms with E-state index in [4.69, 9.17) is 4.74 Å². The van der Waals surface area contributed by atoms with Crippen LogP contribution in [0.1, 0.15) is 12.8 Å². The summed E-state index contributed by atoms with van der Waals surface area (Å²) < 4.78 is 46.4. The molecular weight excluding hydrogens is 357 g/mol. The molecule has 0 bridgehead atoms. The highest BCUT2D eigenvalue weighted by Crippen LogP contribution is 2.28.